The second-order valence-electron chi connectivity index (χ2n) is 5.76. The molecule has 1 aliphatic rings. The standard InChI is InChI=1S/C18H16BrNO4S/c1-12-6-8-13(9-7-12)25(23,24)20-11-10-15(18(21)22)17(19)14-4-2-3-5-16(14)20/h2-9H,10-11H2,1H3,(H,21,22). The number of carboxylic acids is 1. The van der Waals surface area contributed by atoms with E-state index in [1.54, 1.807) is 48.5 Å². The summed E-state index contributed by atoms with van der Waals surface area (Å²) in [6, 6.07) is 13.5. The summed E-state index contributed by atoms with van der Waals surface area (Å²) in [4.78, 5) is 11.7. The number of nitrogens with zero attached hydrogens (tertiary/aromatic N) is 1. The van der Waals surface area contributed by atoms with E-state index >= 15 is 0 Å². The first-order valence-electron chi connectivity index (χ1n) is 7.63. The van der Waals surface area contributed by atoms with Crippen LogP contribution in [0, 0.1) is 6.92 Å². The van der Waals surface area contributed by atoms with Crippen LogP contribution >= 0.6 is 15.9 Å². The van der Waals surface area contributed by atoms with E-state index in [9.17, 15) is 18.3 Å². The Balaban J connectivity index is 2.15. The molecule has 0 radical (unpaired) electrons. The van der Waals surface area contributed by atoms with E-state index in [0.717, 1.165) is 5.56 Å². The molecule has 0 amide bonds. The van der Waals surface area contributed by atoms with Crippen LogP contribution in [0.25, 0.3) is 4.48 Å². The Morgan fingerprint density at radius 3 is 2.40 bits per heavy atom. The number of para-hydroxylation sites is 1. The maximum Gasteiger partial charge on any atom is 0.332 e. The molecule has 1 heterocycles. The monoisotopic (exact) mass is 421 g/mol. The van der Waals surface area contributed by atoms with Crippen LogP contribution in [0.5, 0.6) is 0 Å². The zero-order valence-electron chi connectivity index (χ0n) is 13.4. The Morgan fingerprint density at radius 1 is 1.12 bits per heavy atom. The Hall–Kier alpha value is -2.12. The van der Waals surface area contributed by atoms with Gasteiger partial charge in [-0.15, -0.1) is 0 Å². The van der Waals surface area contributed by atoms with Crippen LogP contribution in [0.1, 0.15) is 17.5 Å². The molecule has 0 unspecified atom stereocenters. The maximum atomic E-state index is 13.1. The summed E-state index contributed by atoms with van der Waals surface area (Å²) in [5.74, 6) is -1.06. The van der Waals surface area contributed by atoms with Crippen LogP contribution in [0.4, 0.5) is 5.69 Å². The lowest BCUT2D eigenvalue weighted by molar-refractivity contribution is -0.132. The van der Waals surface area contributed by atoms with Gasteiger partial charge in [-0.25, -0.2) is 13.2 Å². The first kappa shape index (κ1) is 17.7. The van der Waals surface area contributed by atoms with Crippen LogP contribution in [-0.2, 0) is 14.8 Å². The van der Waals surface area contributed by atoms with Gasteiger partial charge in [-0.05, 0) is 47.5 Å². The normalized spacial score (nSPS) is 14.9. The molecule has 0 atom stereocenters. The molecule has 2 aromatic carbocycles. The Kier molecular flexibility index (Phi) is 4.71. The number of aryl methyl sites for hydroxylation is 1. The van der Waals surface area contributed by atoms with Gasteiger partial charge in [0.05, 0.1) is 16.2 Å². The van der Waals surface area contributed by atoms with E-state index in [1.165, 1.54) is 4.31 Å². The van der Waals surface area contributed by atoms with Crippen molar-refractivity contribution in [3.8, 4) is 0 Å². The number of rotatable bonds is 3. The Labute approximate surface area is 154 Å². The molecule has 7 heteroatoms. The van der Waals surface area contributed by atoms with Crippen molar-refractivity contribution in [3.05, 3.63) is 65.2 Å². The number of hydrogen-bond donors (Lipinski definition) is 1. The van der Waals surface area contributed by atoms with E-state index in [4.69, 9.17) is 0 Å². The van der Waals surface area contributed by atoms with Crippen LogP contribution in [0.15, 0.2) is 59.0 Å². The van der Waals surface area contributed by atoms with Gasteiger partial charge in [0, 0.05) is 16.6 Å². The number of carbonyl (C=O) groups is 1. The topological polar surface area (TPSA) is 74.7 Å². The summed E-state index contributed by atoms with van der Waals surface area (Å²) in [7, 11) is -3.80. The highest BCUT2D eigenvalue weighted by molar-refractivity contribution is 9.15. The SMILES string of the molecule is Cc1ccc(S(=O)(=O)N2CCC(C(=O)O)=C(Br)c3ccccc32)cc1. The van der Waals surface area contributed by atoms with E-state index in [1.807, 2.05) is 6.92 Å². The first-order valence-corrected chi connectivity index (χ1v) is 9.86. The van der Waals surface area contributed by atoms with Gasteiger partial charge in [-0.1, -0.05) is 35.9 Å². The van der Waals surface area contributed by atoms with E-state index in [-0.39, 0.29) is 23.4 Å². The summed E-state index contributed by atoms with van der Waals surface area (Å²) >= 11 is 3.34. The number of hydrogen-bond acceptors (Lipinski definition) is 3. The molecule has 2 aromatic rings. The van der Waals surface area contributed by atoms with Crippen molar-refractivity contribution in [1.82, 2.24) is 0 Å². The molecule has 0 saturated carbocycles. The van der Waals surface area contributed by atoms with Gasteiger partial charge in [0.1, 0.15) is 0 Å². The summed E-state index contributed by atoms with van der Waals surface area (Å²) in [5.41, 5.74) is 2.14. The van der Waals surface area contributed by atoms with Gasteiger partial charge in [-0.2, -0.15) is 0 Å². The Morgan fingerprint density at radius 2 is 1.76 bits per heavy atom. The quantitative estimate of drug-likeness (QED) is 0.817. The fourth-order valence-corrected chi connectivity index (χ4v) is 4.96. The molecule has 0 fully saturated rings. The third-order valence-electron chi connectivity index (χ3n) is 4.11. The summed E-state index contributed by atoms with van der Waals surface area (Å²) < 4.78 is 28.0. The molecule has 3 rings (SSSR count). The van der Waals surface area contributed by atoms with Gasteiger partial charge >= 0.3 is 5.97 Å². The van der Waals surface area contributed by atoms with Crippen molar-refractivity contribution in [3.63, 3.8) is 0 Å². The van der Waals surface area contributed by atoms with Crippen molar-refractivity contribution in [2.24, 2.45) is 0 Å². The van der Waals surface area contributed by atoms with Crippen molar-refractivity contribution in [1.29, 1.82) is 0 Å². The predicted molar refractivity (Wildman–Crippen MR) is 100 cm³/mol. The zero-order chi connectivity index (χ0) is 18.2. The number of sulfonamides is 1. The molecule has 1 N–H and O–H groups in total. The lowest BCUT2D eigenvalue weighted by Crippen LogP contribution is -2.32. The third-order valence-corrected chi connectivity index (χ3v) is 6.84. The van der Waals surface area contributed by atoms with Crippen molar-refractivity contribution < 1.29 is 18.3 Å². The fourth-order valence-electron chi connectivity index (χ4n) is 2.77. The summed E-state index contributed by atoms with van der Waals surface area (Å²) in [6.45, 7) is 1.95. The summed E-state index contributed by atoms with van der Waals surface area (Å²) in [6.07, 6.45) is 0.107. The number of carboxylic acid groups (broad SMARTS) is 1. The van der Waals surface area contributed by atoms with Gasteiger partial charge in [0.15, 0.2) is 0 Å². The highest BCUT2D eigenvalue weighted by Crippen LogP contribution is 2.39. The molecule has 1 aliphatic heterocycles. The molecule has 0 aliphatic carbocycles. The maximum absolute atomic E-state index is 13.1. The molecule has 0 spiro atoms. The number of benzene rings is 2. The van der Waals surface area contributed by atoms with Crippen LogP contribution in [0.2, 0.25) is 0 Å². The molecule has 0 aromatic heterocycles. The van der Waals surface area contributed by atoms with E-state index < -0.39 is 16.0 Å². The fraction of sp³-hybridized carbons (Fsp3) is 0.167. The predicted octanol–water partition coefficient (Wildman–Crippen LogP) is 3.78. The Bertz CT molecular complexity index is 965. The van der Waals surface area contributed by atoms with Gasteiger partial charge < -0.3 is 5.11 Å². The lowest BCUT2D eigenvalue weighted by atomic mass is 10.1. The van der Waals surface area contributed by atoms with E-state index in [0.29, 0.717) is 15.7 Å². The van der Waals surface area contributed by atoms with Crippen molar-refractivity contribution in [2.75, 3.05) is 10.8 Å². The first-order chi connectivity index (χ1) is 11.8. The van der Waals surface area contributed by atoms with Gasteiger partial charge in [0.2, 0.25) is 0 Å². The zero-order valence-corrected chi connectivity index (χ0v) is 15.8. The number of anilines is 1. The smallest absolute Gasteiger partial charge is 0.332 e. The highest BCUT2D eigenvalue weighted by Gasteiger charge is 2.31. The molecule has 130 valence electrons. The molecule has 5 nitrogen and oxygen atoms in total. The lowest BCUT2D eigenvalue weighted by Gasteiger charge is -2.24. The van der Waals surface area contributed by atoms with Crippen LogP contribution in [0.3, 0.4) is 0 Å². The van der Waals surface area contributed by atoms with Crippen molar-refractivity contribution >= 4 is 42.1 Å². The minimum atomic E-state index is -3.80. The molecular formula is C18H16BrNO4S. The average Bonchev–Trinajstić information content (AvgIpc) is 2.73. The van der Waals surface area contributed by atoms with Gasteiger partial charge in [0.25, 0.3) is 10.0 Å². The molecule has 0 bridgehead atoms. The van der Waals surface area contributed by atoms with Crippen LogP contribution < -0.4 is 4.31 Å². The number of fused-ring (bicyclic) bond motifs is 1. The molecule has 25 heavy (non-hydrogen) atoms. The minimum Gasteiger partial charge on any atom is -0.478 e. The number of halogens is 1. The summed E-state index contributed by atoms with van der Waals surface area (Å²) in [5, 5.41) is 9.44. The molecule has 0 saturated heterocycles. The second-order valence-corrected chi connectivity index (χ2v) is 8.41. The van der Waals surface area contributed by atoms with Gasteiger partial charge in [-0.3, -0.25) is 4.31 Å². The largest absolute Gasteiger partial charge is 0.478 e. The van der Waals surface area contributed by atoms with E-state index in [2.05, 4.69) is 15.9 Å². The minimum absolute atomic E-state index is 0.0595. The third kappa shape index (κ3) is 3.21. The second kappa shape index (κ2) is 6.65. The highest BCUT2D eigenvalue weighted by atomic mass is 79.9. The average molecular weight is 422 g/mol. The number of aliphatic carboxylic acids is 1. The van der Waals surface area contributed by atoms with Crippen molar-refractivity contribution in [2.45, 2.75) is 18.2 Å². The van der Waals surface area contributed by atoms with Crippen LogP contribution in [-0.4, -0.2) is 26.0 Å². The molecular weight excluding hydrogens is 406 g/mol.